The van der Waals surface area contributed by atoms with Gasteiger partial charge in [-0.2, -0.15) is 0 Å². The van der Waals surface area contributed by atoms with Crippen molar-refractivity contribution in [1.29, 1.82) is 0 Å². The van der Waals surface area contributed by atoms with E-state index < -0.39 is 5.60 Å². The number of likely N-dealkylation sites (N-methyl/N-ethyl adjacent to an activating group) is 1. The summed E-state index contributed by atoms with van der Waals surface area (Å²) < 4.78 is 0. The Morgan fingerprint density at radius 1 is 1.19 bits per heavy atom. The lowest BCUT2D eigenvalue weighted by molar-refractivity contribution is -0.0156. The number of rotatable bonds is 5. The Balaban J connectivity index is 1.86. The molecule has 0 amide bonds. The molecule has 1 atom stereocenters. The van der Waals surface area contributed by atoms with E-state index in [2.05, 4.69) is 11.9 Å². The maximum atomic E-state index is 10.5. The Bertz CT molecular complexity index is 224. The third-order valence-corrected chi connectivity index (χ3v) is 4.41. The highest BCUT2D eigenvalue weighted by Gasteiger charge is 2.43. The number of hydrogen-bond acceptors (Lipinski definition) is 3. The maximum absolute atomic E-state index is 10.5. The van der Waals surface area contributed by atoms with Gasteiger partial charge in [-0.3, -0.25) is 0 Å². The number of aliphatic hydroxyl groups is 1. The standard InChI is InChI=1S/C13H26N2O/c1-15(12-5-3-2-4-6-12)10-13(16,9-14)11-7-8-11/h11-12,16H,2-10,14H2,1H3. The van der Waals surface area contributed by atoms with Gasteiger partial charge in [0.05, 0.1) is 5.60 Å². The van der Waals surface area contributed by atoms with Crippen LogP contribution in [0.4, 0.5) is 0 Å². The van der Waals surface area contributed by atoms with Crippen molar-refractivity contribution in [2.24, 2.45) is 11.7 Å². The molecule has 0 radical (unpaired) electrons. The molecule has 0 heterocycles. The summed E-state index contributed by atoms with van der Waals surface area (Å²) in [4.78, 5) is 2.35. The van der Waals surface area contributed by atoms with E-state index in [4.69, 9.17) is 5.73 Å². The fourth-order valence-corrected chi connectivity index (χ4v) is 3.06. The average molecular weight is 226 g/mol. The zero-order chi connectivity index (χ0) is 11.6. The molecule has 2 rings (SSSR count). The lowest BCUT2D eigenvalue weighted by Gasteiger charge is -2.37. The second kappa shape index (κ2) is 5.03. The molecule has 3 N–H and O–H groups in total. The normalized spacial score (nSPS) is 27.0. The second-order valence-electron chi connectivity index (χ2n) is 5.79. The smallest absolute Gasteiger partial charge is 0.0923 e. The van der Waals surface area contributed by atoms with Crippen LogP contribution in [0.15, 0.2) is 0 Å². The number of nitrogens with zero attached hydrogens (tertiary/aromatic N) is 1. The molecule has 94 valence electrons. The molecule has 1 unspecified atom stereocenters. The van der Waals surface area contributed by atoms with Crippen LogP contribution >= 0.6 is 0 Å². The van der Waals surface area contributed by atoms with Crippen molar-refractivity contribution in [3.05, 3.63) is 0 Å². The minimum Gasteiger partial charge on any atom is -0.387 e. The molecule has 0 spiro atoms. The third kappa shape index (κ3) is 2.76. The van der Waals surface area contributed by atoms with Crippen LogP contribution in [0.3, 0.4) is 0 Å². The van der Waals surface area contributed by atoms with Crippen LogP contribution in [0.25, 0.3) is 0 Å². The van der Waals surface area contributed by atoms with Crippen molar-refractivity contribution in [3.8, 4) is 0 Å². The molecular weight excluding hydrogens is 200 g/mol. The van der Waals surface area contributed by atoms with E-state index in [-0.39, 0.29) is 0 Å². The fourth-order valence-electron chi connectivity index (χ4n) is 3.06. The largest absolute Gasteiger partial charge is 0.387 e. The van der Waals surface area contributed by atoms with E-state index in [1.165, 1.54) is 32.1 Å². The highest BCUT2D eigenvalue weighted by Crippen LogP contribution is 2.40. The minimum atomic E-state index is -0.619. The summed E-state index contributed by atoms with van der Waals surface area (Å²) >= 11 is 0. The van der Waals surface area contributed by atoms with Crippen molar-refractivity contribution >= 4 is 0 Å². The van der Waals surface area contributed by atoms with Gasteiger partial charge in [0.1, 0.15) is 0 Å². The second-order valence-corrected chi connectivity index (χ2v) is 5.79. The Hall–Kier alpha value is -0.120. The zero-order valence-electron chi connectivity index (χ0n) is 10.5. The van der Waals surface area contributed by atoms with Crippen molar-refractivity contribution in [2.45, 2.75) is 56.6 Å². The Kier molecular flexibility index (Phi) is 3.88. The van der Waals surface area contributed by atoms with Crippen LogP contribution in [0, 0.1) is 5.92 Å². The highest BCUT2D eigenvalue weighted by molar-refractivity contribution is 4.98. The van der Waals surface area contributed by atoms with E-state index >= 15 is 0 Å². The van der Waals surface area contributed by atoms with E-state index in [9.17, 15) is 5.11 Å². The van der Waals surface area contributed by atoms with Crippen molar-refractivity contribution < 1.29 is 5.11 Å². The predicted molar refractivity (Wildman–Crippen MR) is 66.2 cm³/mol. The molecule has 3 nitrogen and oxygen atoms in total. The van der Waals surface area contributed by atoms with Crippen LogP contribution in [-0.4, -0.2) is 41.8 Å². The molecule has 0 bridgehead atoms. The van der Waals surface area contributed by atoms with E-state index in [1.54, 1.807) is 0 Å². The molecule has 2 saturated carbocycles. The molecule has 2 aliphatic rings. The molecule has 0 aromatic carbocycles. The summed E-state index contributed by atoms with van der Waals surface area (Å²) in [6.07, 6.45) is 8.98. The summed E-state index contributed by atoms with van der Waals surface area (Å²) in [5, 5.41) is 10.5. The third-order valence-electron chi connectivity index (χ3n) is 4.41. The topological polar surface area (TPSA) is 49.5 Å². The van der Waals surface area contributed by atoms with Gasteiger partial charge in [0.2, 0.25) is 0 Å². The monoisotopic (exact) mass is 226 g/mol. The predicted octanol–water partition coefficient (Wildman–Crippen LogP) is 1.35. The van der Waals surface area contributed by atoms with Crippen LogP contribution in [-0.2, 0) is 0 Å². The summed E-state index contributed by atoms with van der Waals surface area (Å²) in [6.45, 7) is 1.17. The molecule has 0 aromatic heterocycles. The van der Waals surface area contributed by atoms with Crippen molar-refractivity contribution in [1.82, 2.24) is 4.90 Å². The number of nitrogens with two attached hydrogens (primary N) is 1. The first-order valence-corrected chi connectivity index (χ1v) is 6.78. The Morgan fingerprint density at radius 2 is 1.81 bits per heavy atom. The van der Waals surface area contributed by atoms with Crippen molar-refractivity contribution in [2.75, 3.05) is 20.1 Å². The Labute approximate surface area is 99.0 Å². The van der Waals surface area contributed by atoms with Gasteiger partial charge in [0, 0.05) is 19.1 Å². The Morgan fingerprint density at radius 3 is 2.31 bits per heavy atom. The molecule has 2 aliphatic carbocycles. The molecule has 0 saturated heterocycles. The van der Waals surface area contributed by atoms with Crippen LogP contribution in [0.1, 0.15) is 44.9 Å². The molecule has 16 heavy (non-hydrogen) atoms. The molecule has 3 heteroatoms. The van der Waals surface area contributed by atoms with E-state index in [0.29, 0.717) is 18.5 Å². The van der Waals surface area contributed by atoms with Crippen LogP contribution in [0.2, 0.25) is 0 Å². The molecular formula is C13H26N2O. The first kappa shape index (κ1) is 12.3. The van der Waals surface area contributed by atoms with Crippen molar-refractivity contribution in [3.63, 3.8) is 0 Å². The highest BCUT2D eigenvalue weighted by atomic mass is 16.3. The first-order chi connectivity index (χ1) is 7.65. The summed E-state index contributed by atoms with van der Waals surface area (Å²) in [7, 11) is 2.15. The quantitative estimate of drug-likeness (QED) is 0.744. The zero-order valence-corrected chi connectivity index (χ0v) is 10.5. The SMILES string of the molecule is CN(CC(O)(CN)C1CC1)C1CCCCC1. The van der Waals surface area contributed by atoms with Gasteiger partial charge in [-0.1, -0.05) is 19.3 Å². The summed E-state index contributed by atoms with van der Waals surface area (Å²) in [5.74, 6) is 0.462. The van der Waals surface area contributed by atoms with E-state index in [1.807, 2.05) is 0 Å². The van der Waals surface area contributed by atoms with Gasteiger partial charge in [0.15, 0.2) is 0 Å². The average Bonchev–Trinajstić information content (AvgIpc) is 3.14. The van der Waals surface area contributed by atoms with Crippen LogP contribution in [0.5, 0.6) is 0 Å². The lowest BCUT2D eigenvalue weighted by atomic mass is 9.91. The molecule has 0 aromatic rings. The van der Waals surface area contributed by atoms with Crippen LogP contribution < -0.4 is 5.73 Å². The van der Waals surface area contributed by atoms with Gasteiger partial charge >= 0.3 is 0 Å². The van der Waals surface area contributed by atoms with Gasteiger partial charge in [-0.05, 0) is 38.6 Å². The summed E-state index contributed by atoms with van der Waals surface area (Å²) in [5.41, 5.74) is 5.13. The van der Waals surface area contributed by atoms with Gasteiger partial charge in [0.25, 0.3) is 0 Å². The summed E-state index contributed by atoms with van der Waals surface area (Å²) in [6, 6.07) is 0.672. The van der Waals surface area contributed by atoms with Gasteiger partial charge in [-0.25, -0.2) is 0 Å². The molecule has 2 fully saturated rings. The number of hydrogen-bond donors (Lipinski definition) is 2. The first-order valence-electron chi connectivity index (χ1n) is 6.78. The van der Waals surface area contributed by atoms with Gasteiger partial charge < -0.3 is 15.7 Å². The lowest BCUT2D eigenvalue weighted by Crippen LogP contribution is -2.51. The maximum Gasteiger partial charge on any atom is 0.0923 e. The molecule has 0 aliphatic heterocycles. The fraction of sp³-hybridized carbons (Fsp3) is 1.00. The van der Waals surface area contributed by atoms with Gasteiger partial charge in [-0.15, -0.1) is 0 Å². The minimum absolute atomic E-state index is 0.411. The van der Waals surface area contributed by atoms with E-state index in [0.717, 1.165) is 19.4 Å².